The van der Waals surface area contributed by atoms with E-state index in [1.54, 1.807) is 68.8 Å². The molecule has 0 bridgehead atoms. The van der Waals surface area contributed by atoms with Gasteiger partial charge in [-0.05, 0) is 113 Å². The van der Waals surface area contributed by atoms with Crippen LogP contribution in [0.15, 0.2) is 78.8 Å². The molecule has 0 aliphatic heterocycles. The smallest absolute Gasteiger partial charge is 0.388 e. The number of ether oxygens (including phenoxy) is 2. The van der Waals surface area contributed by atoms with Gasteiger partial charge >= 0.3 is 9.80 Å². The number of alkyl halides is 2. The van der Waals surface area contributed by atoms with Gasteiger partial charge < -0.3 is 28.2 Å². The van der Waals surface area contributed by atoms with Crippen LogP contribution in [0.4, 0.5) is 8.78 Å². The first-order valence-electron chi connectivity index (χ1n) is 20.8. The fourth-order valence-electron chi connectivity index (χ4n) is 6.43. The number of hydrogen-bond donors (Lipinski definition) is 1. The summed E-state index contributed by atoms with van der Waals surface area (Å²) >= 11 is 26.7. The van der Waals surface area contributed by atoms with Crippen LogP contribution in [-0.2, 0) is 0 Å². The van der Waals surface area contributed by atoms with Crippen molar-refractivity contribution in [2.45, 2.75) is 73.2 Å². The Morgan fingerprint density at radius 2 is 0.986 bits per heavy atom. The van der Waals surface area contributed by atoms with E-state index < -0.39 is 6.61 Å². The van der Waals surface area contributed by atoms with Crippen molar-refractivity contribution < 1.29 is 18.3 Å². The number of aromatic amines is 1. The molecule has 28 heteroatoms. The Morgan fingerprint density at radius 3 is 1.38 bits per heavy atom. The van der Waals surface area contributed by atoms with E-state index in [0.29, 0.717) is 51.1 Å². The second kappa shape index (κ2) is 26.1. The van der Waals surface area contributed by atoms with Gasteiger partial charge in [0, 0.05) is 43.6 Å². The van der Waals surface area contributed by atoms with Crippen LogP contribution in [-0.4, -0.2) is 90.4 Å². The maximum absolute atomic E-state index is 12.7. The van der Waals surface area contributed by atoms with Crippen LogP contribution in [0.25, 0.3) is 67.3 Å². The first kappa shape index (κ1) is 56.1. The quantitative estimate of drug-likeness (QED) is 0.105. The molecule has 9 heterocycles. The van der Waals surface area contributed by atoms with Crippen molar-refractivity contribution >= 4 is 118 Å². The zero-order chi connectivity index (χ0) is 52.1. The molecule has 0 saturated carbocycles. The number of hydrogen-bond acceptors (Lipinski definition) is 15. The average molecular weight is 1220 g/mol. The molecule has 19 nitrogen and oxygen atoms in total. The highest BCUT2D eigenvalue weighted by Crippen LogP contribution is 2.32. The highest BCUT2D eigenvalue weighted by Gasteiger charge is 2.20. The molecule has 71 heavy (non-hydrogen) atoms. The second-order valence-electron chi connectivity index (χ2n) is 15.0. The third-order valence-electron chi connectivity index (χ3n) is 9.38. The third kappa shape index (κ3) is 14.9. The third-order valence-corrected chi connectivity index (χ3v) is 9.93. The summed E-state index contributed by atoms with van der Waals surface area (Å²) in [5, 5.41) is 7.68. The van der Waals surface area contributed by atoms with Gasteiger partial charge in [-0.1, -0.05) is 0 Å². The number of rotatable bonds is 9. The van der Waals surface area contributed by atoms with Gasteiger partial charge in [-0.15, -0.1) is 47.3 Å². The summed E-state index contributed by atoms with van der Waals surface area (Å²) in [6, 6.07) is 12.9. The number of methoxy groups -OCH3 is 1. The Bertz CT molecular complexity index is 3330. The lowest BCUT2D eigenvalue weighted by molar-refractivity contribution is -0.0517. The Balaban J connectivity index is 0.000000186. The fraction of sp³-hybridized carbons (Fsp3) is 0.279. The van der Waals surface area contributed by atoms with Gasteiger partial charge in [0.15, 0.2) is 16.6 Å². The van der Waals surface area contributed by atoms with Crippen LogP contribution in [0.1, 0.15) is 66.6 Å². The Hall–Kier alpha value is -5.78. The summed E-state index contributed by atoms with van der Waals surface area (Å²) < 4.78 is 41.3. The molecule has 0 aromatic carbocycles. The van der Waals surface area contributed by atoms with E-state index in [2.05, 4.69) is 130 Å². The number of aromatic nitrogens is 15. The normalized spacial score (nSPS) is 10.8. The first-order valence-corrected chi connectivity index (χ1v) is 24.7. The van der Waals surface area contributed by atoms with Gasteiger partial charge in [0.25, 0.3) is 5.56 Å². The van der Waals surface area contributed by atoms with E-state index >= 15 is 0 Å². The largest absolute Gasteiger partial charge is 0.479 e. The number of nitrogens with zero attached hydrogens (tertiary/aromatic N) is 15. The van der Waals surface area contributed by atoms with Crippen molar-refractivity contribution in [1.82, 2.24) is 73.5 Å². The Morgan fingerprint density at radius 1 is 0.620 bits per heavy atom. The molecule has 0 saturated heterocycles. The highest BCUT2D eigenvalue weighted by molar-refractivity contribution is 9.69. The molecule has 0 radical (unpaired) electrons. The lowest BCUT2D eigenvalue weighted by atomic mass is 10.2. The van der Waals surface area contributed by atoms with Gasteiger partial charge in [-0.25, -0.2) is 54.8 Å². The SMILES string of the molecule is BrB(Br)Br.CC#N.CC(C)n1cnc2c(=O)[nH]c(-c3ccnc(Cl)n3)cc21.CC(C)n1cnc2c(OC(F)F)nc(-c3ccnc(Cl)n3)cc21.COc1nc(-c2ccnc(Cl)n2)cc2c1ncn2C(C)C. The standard InChI is InChI=1S/C14H12ClF2N5O.C14H14ClN5O.C13H12ClN5O.C2H3N.BBr3/c1-7(2)22-6-19-11-10(22)5-9(20-12(11)23-14(16)17)8-3-4-18-13(15)21-8;1-8(2)20-7-17-12-11(20)6-10(18-13(12)21-3)9-4-5-16-14(15)19-9;1-7(2)19-6-16-11-10(19)5-9(17-12(11)20)8-3-4-15-13(14)18-8;1-2-3;2-1(3)4/h3-7,14H,1-2H3;4-8H,1-3H3;3-7H,1-2H3,(H,17,20);1H3;. The molecule has 1 N–H and O–H groups in total. The molecule has 0 amide bonds. The van der Waals surface area contributed by atoms with E-state index in [-0.39, 0.29) is 54.1 Å². The van der Waals surface area contributed by atoms with Gasteiger partial charge in [-0.3, -0.25) is 4.79 Å². The van der Waals surface area contributed by atoms with Crippen LogP contribution < -0.4 is 15.0 Å². The minimum absolute atomic E-state index is 0.0399. The van der Waals surface area contributed by atoms with E-state index in [1.165, 1.54) is 13.1 Å². The van der Waals surface area contributed by atoms with Crippen molar-refractivity contribution in [3.8, 4) is 52.0 Å². The molecule has 0 aliphatic rings. The molecule has 9 rings (SSSR count). The molecule has 0 fully saturated rings. The van der Waals surface area contributed by atoms with Crippen LogP contribution in [0.3, 0.4) is 0 Å². The number of halogens is 8. The molecular weight excluding hydrogens is 1180 g/mol. The summed E-state index contributed by atoms with van der Waals surface area (Å²) in [6.07, 6.45) is 9.63. The fourth-order valence-corrected chi connectivity index (χ4v) is 6.87. The number of imidazole rings is 3. The van der Waals surface area contributed by atoms with Crippen LogP contribution in [0.2, 0.25) is 15.9 Å². The molecule has 0 unspecified atom stereocenters. The van der Waals surface area contributed by atoms with Crippen molar-refractivity contribution in [2.24, 2.45) is 0 Å². The summed E-state index contributed by atoms with van der Waals surface area (Å²) in [7, 11) is 1.58. The molecule has 0 spiro atoms. The molecular formula is C43H41BBr3Cl3F2N16O3. The predicted molar refractivity (Wildman–Crippen MR) is 282 cm³/mol. The van der Waals surface area contributed by atoms with Gasteiger partial charge in [0.05, 0.1) is 82.9 Å². The molecule has 0 aliphatic carbocycles. The van der Waals surface area contributed by atoms with Gasteiger partial charge in [0.2, 0.25) is 27.6 Å². The monoisotopic (exact) mass is 1220 g/mol. The second-order valence-corrected chi connectivity index (χ2v) is 22.5. The van der Waals surface area contributed by atoms with Crippen molar-refractivity contribution in [3.63, 3.8) is 0 Å². The minimum atomic E-state index is -3.00. The topological polar surface area (TPSA) is 232 Å². The maximum atomic E-state index is 12.7. The number of fused-ring (bicyclic) bond motifs is 3. The van der Waals surface area contributed by atoms with E-state index in [1.807, 2.05) is 49.0 Å². The summed E-state index contributed by atoms with van der Waals surface area (Å²) in [6.45, 7) is 10.6. The number of H-pyrrole nitrogens is 1. The lowest BCUT2D eigenvalue weighted by Crippen LogP contribution is -2.09. The highest BCUT2D eigenvalue weighted by atomic mass is 79.9. The van der Waals surface area contributed by atoms with Crippen molar-refractivity contribution in [3.05, 3.63) is 100 Å². The van der Waals surface area contributed by atoms with Crippen molar-refractivity contribution in [2.75, 3.05) is 7.11 Å². The first-order chi connectivity index (χ1) is 33.8. The number of pyridine rings is 3. The Kier molecular flexibility index (Phi) is 20.6. The minimum Gasteiger partial charge on any atom is -0.479 e. The van der Waals surface area contributed by atoms with Crippen LogP contribution >= 0.6 is 82.1 Å². The van der Waals surface area contributed by atoms with Crippen LogP contribution in [0, 0.1) is 11.3 Å². The van der Waals surface area contributed by atoms with Crippen molar-refractivity contribution in [1.29, 1.82) is 5.26 Å². The average Bonchev–Trinajstić information content (AvgIpc) is 4.07. The molecule has 370 valence electrons. The number of nitriles is 1. The molecule has 0 atom stereocenters. The van der Waals surface area contributed by atoms with Gasteiger partial charge in [-0.2, -0.15) is 14.0 Å². The van der Waals surface area contributed by atoms with E-state index in [0.717, 1.165) is 16.6 Å². The summed E-state index contributed by atoms with van der Waals surface area (Å²) in [5.74, 6) is 0.221. The van der Waals surface area contributed by atoms with E-state index in [4.69, 9.17) is 44.8 Å². The zero-order valence-electron chi connectivity index (χ0n) is 38.8. The Labute approximate surface area is 444 Å². The molecule has 9 aromatic heterocycles. The van der Waals surface area contributed by atoms with Crippen LogP contribution in [0.5, 0.6) is 11.8 Å². The lowest BCUT2D eigenvalue weighted by Gasteiger charge is -2.11. The van der Waals surface area contributed by atoms with Gasteiger partial charge in [0.1, 0.15) is 0 Å². The summed E-state index contributed by atoms with van der Waals surface area (Å²) in [5.41, 5.74) is 6.74. The molecule has 9 aromatic rings. The maximum Gasteiger partial charge on any atom is 0.388 e. The zero-order valence-corrected chi connectivity index (χ0v) is 45.8. The number of nitrogens with one attached hydrogen (secondary N) is 1. The summed E-state index contributed by atoms with van der Waals surface area (Å²) in [4.78, 5) is 59.9. The van der Waals surface area contributed by atoms with E-state index in [9.17, 15) is 13.6 Å². The predicted octanol–water partition coefficient (Wildman–Crippen LogP) is 12.0.